The highest BCUT2D eigenvalue weighted by atomic mass is 32.1. The minimum Gasteiger partial charge on any atom is -0.481 e. The average molecular weight is 505 g/mol. The Labute approximate surface area is 211 Å². The number of likely N-dealkylation sites (tertiary alicyclic amines) is 1. The van der Waals surface area contributed by atoms with E-state index in [0.717, 1.165) is 44.6 Å². The highest BCUT2D eigenvalue weighted by Crippen LogP contribution is 2.34. The highest BCUT2D eigenvalue weighted by molar-refractivity contribution is 7.09. The number of aliphatic carboxylic acids is 2. The van der Waals surface area contributed by atoms with E-state index in [1.165, 1.54) is 4.88 Å². The van der Waals surface area contributed by atoms with Crippen LogP contribution in [0.4, 0.5) is 5.69 Å². The first kappa shape index (κ1) is 28.5. The van der Waals surface area contributed by atoms with E-state index in [9.17, 15) is 14.4 Å². The first-order chi connectivity index (χ1) is 16.8. The van der Waals surface area contributed by atoms with E-state index >= 15 is 0 Å². The third-order valence-electron chi connectivity index (χ3n) is 6.05. The van der Waals surface area contributed by atoms with Crippen molar-refractivity contribution in [1.29, 1.82) is 0 Å². The average Bonchev–Trinajstić information content (AvgIpc) is 3.37. The fourth-order valence-corrected chi connectivity index (χ4v) is 4.95. The molecule has 1 amide bonds. The minimum atomic E-state index is -1.08. The number of hydrogen-bond donors (Lipinski definition) is 2. The molecule has 3 rings (SSSR count). The normalized spacial score (nSPS) is 15.0. The number of nitrogens with zero attached hydrogens (tertiary/aromatic N) is 2. The molecule has 1 aromatic carbocycles. The molecule has 0 atom stereocenters. The Morgan fingerprint density at radius 1 is 1.03 bits per heavy atom. The second-order valence-electron chi connectivity index (χ2n) is 8.53. The summed E-state index contributed by atoms with van der Waals surface area (Å²) < 4.78 is 5.63. The van der Waals surface area contributed by atoms with Gasteiger partial charge in [0.05, 0.1) is 25.0 Å². The molecule has 0 unspecified atom stereocenters. The van der Waals surface area contributed by atoms with E-state index < -0.39 is 11.9 Å². The van der Waals surface area contributed by atoms with Gasteiger partial charge in [-0.15, -0.1) is 11.3 Å². The number of carboxylic acids is 2. The molecule has 0 radical (unpaired) electrons. The number of rotatable bonds is 11. The molecular formula is C26H36N2O6S. The van der Waals surface area contributed by atoms with Crippen LogP contribution in [-0.2, 0) is 25.5 Å². The molecule has 2 N–H and O–H groups in total. The zero-order valence-electron chi connectivity index (χ0n) is 20.5. The number of hydrogen-bond acceptors (Lipinski definition) is 6. The molecule has 9 heteroatoms. The monoisotopic (exact) mass is 504 g/mol. The van der Waals surface area contributed by atoms with Crippen LogP contribution in [-0.4, -0.2) is 71.8 Å². The molecular weight excluding hydrogens is 468 g/mol. The summed E-state index contributed by atoms with van der Waals surface area (Å²) in [6.45, 7) is 5.59. The van der Waals surface area contributed by atoms with Crippen LogP contribution in [0.5, 0.6) is 0 Å². The van der Waals surface area contributed by atoms with Gasteiger partial charge in [-0.1, -0.05) is 31.2 Å². The van der Waals surface area contributed by atoms with E-state index in [-0.39, 0.29) is 24.3 Å². The molecule has 0 aliphatic carbocycles. The molecule has 2 heterocycles. The van der Waals surface area contributed by atoms with Crippen molar-refractivity contribution >= 4 is 34.9 Å². The molecule has 0 saturated carbocycles. The number of carboxylic acid groups (broad SMARTS) is 2. The summed E-state index contributed by atoms with van der Waals surface area (Å²) in [5.41, 5.74) is 0.719. The number of piperidine rings is 1. The van der Waals surface area contributed by atoms with Crippen LogP contribution in [0.2, 0.25) is 0 Å². The molecule has 1 fully saturated rings. The predicted molar refractivity (Wildman–Crippen MR) is 137 cm³/mol. The van der Waals surface area contributed by atoms with Gasteiger partial charge in [0.2, 0.25) is 5.91 Å². The minimum absolute atomic E-state index is 0.172. The Bertz CT molecular complexity index is 897. The third kappa shape index (κ3) is 9.08. The molecule has 35 heavy (non-hydrogen) atoms. The lowest BCUT2D eigenvalue weighted by Crippen LogP contribution is -2.60. The molecule has 1 aromatic heterocycles. The van der Waals surface area contributed by atoms with Crippen LogP contribution in [0.25, 0.3) is 0 Å². The number of anilines is 1. The summed E-state index contributed by atoms with van der Waals surface area (Å²) in [5, 5.41) is 17.9. The van der Waals surface area contributed by atoms with Crippen LogP contribution in [0.1, 0.15) is 43.9 Å². The van der Waals surface area contributed by atoms with Gasteiger partial charge < -0.3 is 24.7 Å². The molecule has 1 aliphatic rings. The fourth-order valence-electron chi connectivity index (χ4n) is 4.25. The van der Waals surface area contributed by atoms with Crippen LogP contribution in [0, 0.1) is 0 Å². The largest absolute Gasteiger partial charge is 0.481 e. The van der Waals surface area contributed by atoms with Crippen molar-refractivity contribution in [2.24, 2.45) is 0 Å². The number of ether oxygens (including phenoxy) is 1. The van der Waals surface area contributed by atoms with Crippen molar-refractivity contribution in [3.05, 3.63) is 52.7 Å². The van der Waals surface area contributed by atoms with E-state index in [0.29, 0.717) is 13.0 Å². The van der Waals surface area contributed by atoms with Gasteiger partial charge in [0, 0.05) is 43.7 Å². The molecule has 0 spiro atoms. The van der Waals surface area contributed by atoms with Gasteiger partial charge in [-0.05, 0) is 42.8 Å². The van der Waals surface area contributed by atoms with Crippen LogP contribution in [0.3, 0.4) is 0 Å². The highest BCUT2D eigenvalue weighted by Gasteiger charge is 2.42. The second-order valence-corrected chi connectivity index (χ2v) is 9.57. The van der Waals surface area contributed by atoms with Crippen LogP contribution >= 0.6 is 11.3 Å². The van der Waals surface area contributed by atoms with Crippen molar-refractivity contribution < 1.29 is 29.3 Å². The summed E-state index contributed by atoms with van der Waals surface area (Å²) in [4.78, 5) is 38.2. The van der Waals surface area contributed by atoms with Gasteiger partial charge in [-0.3, -0.25) is 14.4 Å². The molecule has 192 valence electrons. The lowest BCUT2D eigenvalue weighted by Gasteiger charge is -2.48. The van der Waals surface area contributed by atoms with Gasteiger partial charge in [0.1, 0.15) is 0 Å². The Morgan fingerprint density at radius 3 is 2.14 bits per heavy atom. The summed E-state index contributed by atoms with van der Waals surface area (Å²) in [6.07, 6.45) is 2.89. The summed E-state index contributed by atoms with van der Waals surface area (Å²) in [6, 6.07) is 14.4. The van der Waals surface area contributed by atoms with E-state index in [1.807, 2.05) is 53.5 Å². The van der Waals surface area contributed by atoms with Crippen molar-refractivity contribution in [1.82, 2.24) is 4.90 Å². The van der Waals surface area contributed by atoms with Crippen LogP contribution < -0.4 is 4.90 Å². The number of thiophene rings is 1. The first-order valence-corrected chi connectivity index (χ1v) is 12.7. The number of carbonyl (C=O) groups excluding carboxylic acids is 1. The van der Waals surface area contributed by atoms with Gasteiger partial charge >= 0.3 is 11.9 Å². The maximum atomic E-state index is 12.9. The molecule has 1 saturated heterocycles. The summed E-state index contributed by atoms with van der Waals surface area (Å²) >= 11 is 1.83. The number of benzene rings is 1. The lowest BCUT2D eigenvalue weighted by atomic mass is 9.85. The second kappa shape index (κ2) is 14.6. The zero-order valence-corrected chi connectivity index (χ0v) is 21.3. The Balaban J connectivity index is 0.000000466. The van der Waals surface area contributed by atoms with E-state index in [1.54, 1.807) is 7.11 Å². The Morgan fingerprint density at radius 2 is 1.66 bits per heavy atom. The summed E-state index contributed by atoms with van der Waals surface area (Å²) in [7, 11) is 1.74. The topological polar surface area (TPSA) is 107 Å². The van der Waals surface area contributed by atoms with Gasteiger partial charge in [0.15, 0.2) is 0 Å². The lowest BCUT2D eigenvalue weighted by molar-refractivity contribution is -0.143. The number of carbonyl (C=O) groups is 3. The first-order valence-electron chi connectivity index (χ1n) is 11.9. The molecule has 2 aromatic rings. The van der Waals surface area contributed by atoms with Gasteiger partial charge in [-0.25, -0.2) is 0 Å². The van der Waals surface area contributed by atoms with Gasteiger partial charge in [0.25, 0.3) is 0 Å². The quantitative estimate of drug-likeness (QED) is 0.473. The fraction of sp³-hybridized carbons (Fsp3) is 0.500. The molecule has 1 aliphatic heterocycles. The molecule has 8 nitrogen and oxygen atoms in total. The SMILES string of the molecule is CCC(=O)N(c1ccccc1)C1(COC)CCN(CCc2cccs2)CC1.O=C(O)CCC(=O)O. The van der Waals surface area contributed by atoms with E-state index in [4.69, 9.17) is 14.9 Å². The van der Waals surface area contributed by atoms with Gasteiger partial charge in [-0.2, -0.15) is 0 Å². The summed E-state index contributed by atoms with van der Waals surface area (Å²) in [5.74, 6) is -1.98. The van der Waals surface area contributed by atoms with Crippen molar-refractivity contribution in [2.75, 3.05) is 38.3 Å². The maximum Gasteiger partial charge on any atom is 0.303 e. The number of para-hydroxylation sites is 1. The molecule has 0 bridgehead atoms. The van der Waals surface area contributed by atoms with Crippen LogP contribution in [0.15, 0.2) is 47.8 Å². The number of methoxy groups -OCH3 is 1. The standard InChI is InChI=1S/C22H30N2O2S.C4H6O4/c1-3-21(25)24(19-8-5-4-6-9-19)22(18-26-2)12-15-23(16-13-22)14-11-20-10-7-17-27-20;5-3(6)1-2-4(7)8/h4-10,17H,3,11-16,18H2,1-2H3;1-2H2,(H,5,6)(H,7,8). The zero-order chi connectivity index (χ0) is 25.7. The van der Waals surface area contributed by atoms with E-state index in [2.05, 4.69) is 22.4 Å². The Hall–Kier alpha value is -2.75. The van der Waals surface area contributed by atoms with Crippen molar-refractivity contribution in [3.8, 4) is 0 Å². The smallest absolute Gasteiger partial charge is 0.303 e. The Kier molecular flexibility index (Phi) is 11.9. The van der Waals surface area contributed by atoms with Crippen molar-refractivity contribution in [2.45, 2.75) is 51.0 Å². The predicted octanol–water partition coefficient (Wildman–Crippen LogP) is 4.15. The number of amides is 1. The van der Waals surface area contributed by atoms with Crippen molar-refractivity contribution in [3.63, 3.8) is 0 Å². The maximum absolute atomic E-state index is 12.9. The third-order valence-corrected chi connectivity index (χ3v) is 6.98.